The Morgan fingerprint density at radius 3 is 1.89 bits per heavy atom. The Hall–Kier alpha value is -3.03. The minimum Gasteiger partial charge on any atom is -0.480 e. The molecule has 0 aromatic heterocycles. The molecule has 1 aliphatic heterocycles. The van der Waals surface area contributed by atoms with Crippen molar-refractivity contribution >= 4 is 17.7 Å². The summed E-state index contributed by atoms with van der Waals surface area (Å²) < 4.78 is 0. The van der Waals surface area contributed by atoms with Crippen LogP contribution in [0.5, 0.6) is 0 Å². The summed E-state index contributed by atoms with van der Waals surface area (Å²) in [5, 5.41) is 21.6. The Bertz CT molecular complexity index is 845. The van der Waals surface area contributed by atoms with Crippen molar-refractivity contribution in [1.29, 1.82) is 0 Å². The molecule has 0 saturated carbocycles. The van der Waals surface area contributed by atoms with E-state index in [1.807, 2.05) is 12.1 Å². The molecule has 7 heteroatoms. The number of carbonyl (C=O) groups is 3. The number of carboxylic acid groups (broad SMARTS) is 2. The van der Waals surface area contributed by atoms with Crippen LogP contribution in [0, 0.1) is 5.41 Å². The Balaban J connectivity index is 2.00. The van der Waals surface area contributed by atoms with Crippen LogP contribution in [0.15, 0.2) is 60.7 Å². The van der Waals surface area contributed by atoms with Crippen LogP contribution in [-0.4, -0.2) is 40.5 Å². The van der Waals surface area contributed by atoms with Crippen molar-refractivity contribution in [3.05, 3.63) is 71.8 Å². The first-order valence-electron chi connectivity index (χ1n) is 8.92. The highest BCUT2D eigenvalue weighted by molar-refractivity contribution is 6.05. The molecule has 5 N–H and O–H groups in total. The van der Waals surface area contributed by atoms with Crippen LogP contribution in [0.2, 0.25) is 0 Å². The van der Waals surface area contributed by atoms with Gasteiger partial charge in [-0.1, -0.05) is 60.7 Å². The monoisotopic (exact) mass is 382 g/mol. The van der Waals surface area contributed by atoms with Crippen molar-refractivity contribution in [3.8, 4) is 0 Å². The molecule has 2 atom stereocenters. The zero-order valence-corrected chi connectivity index (χ0v) is 15.2. The smallest absolute Gasteiger partial charge is 0.320 e. The largest absolute Gasteiger partial charge is 0.480 e. The third kappa shape index (κ3) is 3.42. The van der Waals surface area contributed by atoms with E-state index in [1.54, 1.807) is 48.5 Å². The average Bonchev–Trinajstić information content (AvgIpc) is 3.17. The summed E-state index contributed by atoms with van der Waals surface area (Å²) in [6.45, 7) is -0.238. The number of Topliss-reactive ketones (excluding diaryl/α,β-unsaturated/α-hetero) is 1. The van der Waals surface area contributed by atoms with Gasteiger partial charge < -0.3 is 21.3 Å². The molecule has 2 aromatic carbocycles. The van der Waals surface area contributed by atoms with E-state index in [0.717, 1.165) is 0 Å². The first-order valence-corrected chi connectivity index (χ1v) is 8.92. The average molecular weight is 382 g/mol. The molecular weight excluding hydrogens is 360 g/mol. The fourth-order valence-electron chi connectivity index (χ4n) is 3.72. The van der Waals surface area contributed by atoms with E-state index in [0.29, 0.717) is 11.1 Å². The van der Waals surface area contributed by atoms with Gasteiger partial charge in [-0.25, -0.2) is 0 Å². The van der Waals surface area contributed by atoms with Gasteiger partial charge >= 0.3 is 11.9 Å². The number of carboxylic acids is 2. The third-order valence-corrected chi connectivity index (χ3v) is 5.46. The molecule has 1 fully saturated rings. The van der Waals surface area contributed by atoms with Gasteiger partial charge in [0.25, 0.3) is 0 Å². The number of nitrogens with two attached hydrogens (primary N) is 1. The number of aliphatic carboxylic acids is 2. The maximum absolute atomic E-state index is 13.2. The molecule has 0 radical (unpaired) electrons. The predicted octanol–water partition coefficient (Wildman–Crippen LogP) is 1.37. The lowest BCUT2D eigenvalue weighted by Crippen LogP contribution is -2.48. The highest BCUT2D eigenvalue weighted by Gasteiger charge is 2.54. The van der Waals surface area contributed by atoms with E-state index in [4.69, 9.17) is 5.73 Å². The summed E-state index contributed by atoms with van der Waals surface area (Å²) in [6.07, 6.45) is -0.572. The molecule has 2 aromatic rings. The quantitative estimate of drug-likeness (QED) is 0.532. The van der Waals surface area contributed by atoms with Gasteiger partial charge in [-0.2, -0.15) is 0 Å². The summed E-state index contributed by atoms with van der Waals surface area (Å²) >= 11 is 0. The second-order valence-corrected chi connectivity index (χ2v) is 7.17. The van der Waals surface area contributed by atoms with Crippen LogP contribution in [0.1, 0.15) is 24.0 Å². The van der Waals surface area contributed by atoms with E-state index in [9.17, 15) is 24.6 Å². The van der Waals surface area contributed by atoms with Gasteiger partial charge in [0.2, 0.25) is 0 Å². The fraction of sp³-hybridized carbons (Fsp3) is 0.286. The Morgan fingerprint density at radius 2 is 1.50 bits per heavy atom. The topological polar surface area (TPSA) is 130 Å². The zero-order valence-electron chi connectivity index (χ0n) is 15.2. The van der Waals surface area contributed by atoms with Crippen molar-refractivity contribution in [2.24, 2.45) is 11.1 Å². The van der Waals surface area contributed by atoms with Gasteiger partial charge in [0.05, 0.1) is 5.54 Å². The van der Waals surface area contributed by atoms with Crippen LogP contribution < -0.4 is 11.1 Å². The molecule has 1 aliphatic rings. The number of rotatable bonds is 7. The van der Waals surface area contributed by atoms with Crippen molar-refractivity contribution in [2.75, 3.05) is 6.54 Å². The molecule has 28 heavy (non-hydrogen) atoms. The SMILES string of the molecule is NC(CC(=O)[C@]1(C(=O)O)CN[C@@H](C(=O)O)C1)(c1ccccc1)c1ccccc1. The number of hydrogen-bond acceptors (Lipinski definition) is 5. The van der Waals surface area contributed by atoms with Gasteiger partial charge in [-0.15, -0.1) is 0 Å². The summed E-state index contributed by atoms with van der Waals surface area (Å²) in [4.78, 5) is 36.5. The van der Waals surface area contributed by atoms with E-state index in [-0.39, 0.29) is 19.4 Å². The molecule has 1 saturated heterocycles. The maximum Gasteiger partial charge on any atom is 0.320 e. The second-order valence-electron chi connectivity index (χ2n) is 7.17. The van der Waals surface area contributed by atoms with Crippen LogP contribution >= 0.6 is 0 Å². The number of benzene rings is 2. The van der Waals surface area contributed by atoms with E-state index in [1.165, 1.54) is 0 Å². The lowest BCUT2D eigenvalue weighted by molar-refractivity contribution is -0.154. The van der Waals surface area contributed by atoms with Crippen molar-refractivity contribution in [3.63, 3.8) is 0 Å². The maximum atomic E-state index is 13.2. The van der Waals surface area contributed by atoms with Gasteiger partial charge in [-0.05, 0) is 17.5 Å². The number of hydrogen-bond donors (Lipinski definition) is 4. The second kappa shape index (κ2) is 7.53. The lowest BCUT2D eigenvalue weighted by atomic mass is 9.72. The number of ketones is 1. The standard InChI is InChI=1S/C21H22N2O5/c22-21(14-7-3-1-4-8-14,15-9-5-2-6-10-15)12-17(24)20(19(27)28)11-16(18(25)26)23-13-20/h1-10,16,23H,11-13,22H2,(H,25,26)(H,27,28)/t16-,20-/m1/s1. The normalized spacial score (nSPS) is 22.0. The fourth-order valence-corrected chi connectivity index (χ4v) is 3.72. The molecule has 0 aliphatic carbocycles. The highest BCUT2D eigenvalue weighted by Crippen LogP contribution is 2.38. The molecule has 0 amide bonds. The minimum absolute atomic E-state index is 0.238. The molecule has 0 spiro atoms. The van der Waals surface area contributed by atoms with Gasteiger partial charge in [-0.3, -0.25) is 14.4 Å². The molecule has 0 bridgehead atoms. The highest BCUT2D eigenvalue weighted by atomic mass is 16.4. The number of nitrogens with one attached hydrogen (secondary N) is 1. The molecule has 146 valence electrons. The van der Waals surface area contributed by atoms with Gasteiger partial charge in [0, 0.05) is 13.0 Å². The summed E-state index contributed by atoms with van der Waals surface area (Å²) in [5.41, 5.74) is 5.01. The summed E-state index contributed by atoms with van der Waals surface area (Å²) in [7, 11) is 0. The summed E-state index contributed by atoms with van der Waals surface area (Å²) in [5.74, 6) is -3.11. The Kier molecular flexibility index (Phi) is 5.31. The molecule has 3 rings (SSSR count). The molecule has 7 nitrogen and oxygen atoms in total. The molecular formula is C21H22N2O5. The lowest BCUT2D eigenvalue weighted by Gasteiger charge is -2.33. The molecule has 0 unspecified atom stereocenters. The molecule has 1 heterocycles. The van der Waals surface area contributed by atoms with E-state index >= 15 is 0 Å². The number of carbonyl (C=O) groups excluding carboxylic acids is 1. The third-order valence-electron chi connectivity index (χ3n) is 5.46. The van der Waals surface area contributed by atoms with Crippen LogP contribution in [0.4, 0.5) is 0 Å². The first kappa shape index (κ1) is 19.7. The summed E-state index contributed by atoms with van der Waals surface area (Å²) in [6, 6.07) is 16.9. The van der Waals surface area contributed by atoms with Crippen molar-refractivity contribution in [2.45, 2.75) is 24.4 Å². The van der Waals surface area contributed by atoms with Gasteiger partial charge in [0.15, 0.2) is 5.78 Å². The van der Waals surface area contributed by atoms with Crippen LogP contribution in [0.3, 0.4) is 0 Å². The Labute approximate surface area is 162 Å². The Morgan fingerprint density at radius 1 is 1.00 bits per heavy atom. The van der Waals surface area contributed by atoms with Crippen molar-refractivity contribution in [1.82, 2.24) is 5.32 Å². The van der Waals surface area contributed by atoms with Gasteiger partial charge in [0.1, 0.15) is 11.5 Å². The zero-order chi connectivity index (χ0) is 20.4. The van der Waals surface area contributed by atoms with Crippen LogP contribution in [0.25, 0.3) is 0 Å². The van der Waals surface area contributed by atoms with Crippen molar-refractivity contribution < 1.29 is 24.6 Å². The van der Waals surface area contributed by atoms with E-state index in [2.05, 4.69) is 5.32 Å². The first-order chi connectivity index (χ1) is 13.3. The predicted molar refractivity (Wildman–Crippen MR) is 102 cm³/mol. The van der Waals surface area contributed by atoms with Crippen LogP contribution in [-0.2, 0) is 19.9 Å². The minimum atomic E-state index is -1.82. The van der Waals surface area contributed by atoms with E-state index < -0.39 is 34.7 Å².